The third-order valence-electron chi connectivity index (χ3n) is 4.43. The highest BCUT2D eigenvalue weighted by Gasteiger charge is 2.39. The zero-order chi connectivity index (χ0) is 16.2. The van der Waals surface area contributed by atoms with Gasteiger partial charge in [-0.2, -0.15) is 0 Å². The van der Waals surface area contributed by atoms with E-state index in [-0.39, 0.29) is 5.82 Å². The summed E-state index contributed by atoms with van der Waals surface area (Å²) in [6.45, 7) is 1.75. The lowest BCUT2D eigenvalue weighted by Crippen LogP contribution is -2.17. The molecule has 1 saturated carbocycles. The summed E-state index contributed by atoms with van der Waals surface area (Å²) in [5.74, 6) is 1.86. The fourth-order valence-electron chi connectivity index (χ4n) is 3.09. The van der Waals surface area contributed by atoms with Crippen molar-refractivity contribution in [2.24, 2.45) is 5.92 Å². The van der Waals surface area contributed by atoms with Crippen LogP contribution in [-0.4, -0.2) is 19.9 Å². The number of nitrogens with one attached hydrogen (secondary N) is 1. The highest BCUT2D eigenvalue weighted by atomic mass is 32.2. The number of para-hydroxylation sites is 1. The SMILES string of the molecule is COc1ccccc1CNCC1CC1c1cc(F)ccc1SC. The highest BCUT2D eigenvalue weighted by molar-refractivity contribution is 7.98. The molecule has 4 heteroatoms. The second kappa shape index (κ2) is 7.37. The van der Waals surface area contributed by atoms with Crippen LogP contribution in [0.2, 0.25) is 0 Å². The molecule has 2 aromatic rings. The van der Waals surface area contributed by atoms with Gasteiger partial charge in [-0.25, -0.2) is 4.39 Å². The van der Waals surface area contributed by atoms with Crippen molar-refractivity contribution in [1.29, 1.82) is 0 Å². The molecule has 1 aliphatic rings. The molecule has 2 aromatic carbocycles. The molecule has 2 nitrogen and oxygen atoms in total. The summed E-state index contributed by atoms with van der Waals surface area (Å²) in [5.41, 5.74) is 2.34. The topological polar surface area (TPSA) is 21.3 Å². The number of halogens is 1. The van der Waals surface area contributed by atoms with E-state index in [2.05, 4.69) is 11.4 Å². The summed E-state index contributed by atoms with van der Waals surface area (Å²) >= 11 is 1.70. The van der Waals surface area contributed by atoms with Crippen molar-refractivity contribution in [2.75, 3.05) is 19.9 Å². The van der Waals surface area contributed by atoms with Gasteiger partial charge in [-0.15, -0.1) is 11.8 Å². The summed E-state index contributed by atoms with van der Waals surface area (Å²) in [6.07, 6.45) is 3.18. The summed E-state index contributed by atoms with van der Waals surface area (Å²) in [6, 6.07) is 13.2. The van der Waals surface area contributed by atoms with Gasteiger partial charge in [0.25, 0.3) is 0 Å². The first-order chi connectivity index (χ1) is 11.2. The minimum Gasteiger partial charge on any atom is -0.496 e. The molecule has 0 bridgehead atoms. The zero-order valence-corrected chi connectivity index (χ0v) is 14.3. The molecule has 23 heavy (non-hydrogen) atoms. The number of thioether (sulfide) groups is 1. The summed E-state index contributed by atoms with van der Waals surface area (Å²) in [5, 5.41) is 3.51. The highest BCUT2D eigenvalue weighted by Crippen LogP contribution is 2.49. The molecule has 0 aliphatic heterocycles. The lowest BCUT2D eigenvalue weighted by atomic mass is 10.1. The molecule has 122 valence electrons. The van der Waals surface area contributed by atoms with Crippen LogP contribution in [0.15, 0.2) is 47.4 Å². The van der Waals surface area contributed by atoms with Crippen LogP contribution < -0.4 is 10.1 Å². The van der Waals surface area contributed by atoms with Crippen molar-refractivity contribution < 1.29 is 9.13 Å². The van der Waals surface area contributed by atoms with E-state index < -0.39 is 0 Å². The Balaban J connectivity index is 1.55. The first-order valence-electron chi connectivity index (χ1n) is 7.89. The lowest BCUT2D eigenvalue weighted by molar-refractivity contribution is 0.407. The van der Waals surface area contributed by atoms with Crippen LogP contribution in [-0.2, 0) is 6.54 Å². The Morgan fingerprint density at radius 3 is 2.87 bits per heavy atom. The second-order valence-electron chi connectivity index (χ2n) is 5.93. The second-order valence-corrected chi connectivity index (χ2v) is 6.78. The summed E-state index contributed by atoms with van der Waals surface area (Å²) in [7, 11) is 1.70. The zero-order valence-electron chi connectivity index (χ0n) is 13.5. The maximum atomic E-state index is 13.5. The van der Waals surface area contributed by atoms with E-state index in [0.717, 1.165) is 25.3 Å². The van der Waals surface area contributed by atoms with Gasteiger partial charge >= 0.3 is 0 Å². The molecule has 3 rings (SSSR count). The van der Waals surface area contributed by atoms with Crippen molar-refractivity contribution in [3.63, 3.8) is 0 Å². The largest absolute Gasteiger partial charge is 0.496 e. The molecule has 0 spiro atoms. The van der Waals surface area contributed by atoms with Crippen molar-refractivity contribution in [3.05, 3.63) is 59.4 Å². The van der Waals surface area contributed by atoms with Gasteiger partial charge in [0.1, 0.15) is 11.6 Å². The maximum Gasteiger partial charge on any atom is 0.123 e. The number of ether oxygens (including phenoxy) is 1. The summed E-state index contributed by atoms with van der Waals surface area (Å²) in [4.78, 5) is 1.20. The molecule has 1 aliphatic carbocycles. The Bertz CT molecular complexity index is 676. The van der Waals surface area contributed by atoms with Gasteiger partial charge in [0.05, 0.1) is 7.11 Å². The van der Waals surface area contributed by atoms with E-state index in [1.807, 2.05) is 30.5 Å². The van der Waals surface area contributed by atoms with Crippen LogP contribution in [0.5, 0.6) is 5.75 Å². The van der Waals surface area contributed by atoms with Crippen molar-refractivity contribution in [2.45, 2.75) is 23.8 Å². The molecular weight excluding hydrogens is 309 g/mol. The maximum absolute atomic E-state index is 13.5. The average molecular weight is 331 g/mol. The van der Waals surface area contributed by atoms with E-state index in [0.29, 0.717) is 11.8 Å². The van der Waals surface area contributed by atoms with E-state index >= 15 is 0 Å². The van der Waals surface area contributed by atoms with Crippen LogP contribution in [0.1, 0.15) is 23.5 Å². The van der Waals surface area contributed by atoms with Gasteiger partial charge in [0.2, 0.25) is 0 Å². The fourth-order valence-corrected chi connectivity index (χ4v) is 3.74. The molecule has 0 aromatic heterocycles. The average Bonchev–Trinajstić information content (AvgIpc) is 3.34. The third-order valence-corrected chi connectivity index (χ3v) is 5.24. The van der Waals surface area contributed by atoms with Crippen LogP contribution in [0.4, 0.5) is 4.39 Å². The van der Waals surface area contributed by atoms with Crippen LogP contribution in [0, 0.1) is 11.7 Å². The number of hydrogen-bond donors (Lipinski definition) is 1. The van der Waals surface area contributed by atoms with Crippen LogP contribution in [0.25, 0.3) is 0 Å². The molecule has 0 radical (unpaired) electrons. The smallest absolute Gasteiger partial charge is 0.123 e. The minimum absolute atomic E-state index is 0.134. The molecule has 0 amide bonds. The Kier molecular flexibility index (Phi) is 5.23. The number of methoxy groups -OCH3 is 1. The van der Waals surface area contributed by atoms with Gasteiger partial charge in [-0.1, -0.05) is 18.2 Å². The van der Waals surface area contributed by atoms with Gasteiger partial charge < -0.3 is 10.1 Å². The third kappa shape index (κ3) is 3.88. The molecule has 2 unspecified atom stereocenters. The molecule has 2 atom stereocenters. The number of hydrogen-bond acceptors (Lipinski definition) is 3. The van der Waals surface area contributed by atoms with Crippen molar-refractivity contribution in [3.8, 4) is 5.75 Å². The van der Waals surface area contributed by atoms with Gasteiger partial charge in [0, 0.05) is 17.0 Å². The minimum atomic E-state index is -0.134. The van der Waals surface area contributed by atoms with E-state index in [9.17, 15) is 4.39 Å². The van der Waals surface area contributed by atoms with E-state index in [1.54, 1.807) is 31.0 Å². The van der Waals surface area contributed by atoms with E-state index in [1.165, 1.54) is 16.0 Å². The van der Waals surface area contributed by atoms with Crippen molar-refractivity contribution in [1.82, 2.24) is 5.32 Å². The summed E-state index contributed by atoms with van der Waals surface area (Å²) < 4.78 is 18.9. The monoisotopic (exact) mass is 331 g/mol. The van der Waals surface area contributed by atoms with Gasteiger partial charge in [-0.05, 0) is 60.9 Å². The predicted octanol–water partition coefficient (Wildman–Crippen LogP) is 4.45. The van der Waals surface area contributed by atoms with Crippen molar-refractivity contribution >= 4 is 11.8 Å². The first-order valence-corrected chi connectivity index (χ1v) is 9.11. The molecular formula is C19H22FNOS. The first kappa shape index (κ1) is 16.3. The molecule has 0 saturated heterocycles. The van der Waals surface area contributed by atoms with Gasteiger partial charge in [0.15, 0.2) is 0 Å². The van der Waals surface area contributed by atoms with E-state index in [4.69, 9.17) is 4.74 Å². The number of rotatable bonds is 7. The van der Waals surface area contributed by atoms with Gasteiger partial charge in [-0.3, -0.25) is 0 Å². The lowest BCUT2D eigenvalue weighted by Gasteiger charge is -2.10. The van der Waals surface area contributed by atoms with Crippen LogP contribution in [0.3, 0.4) is 0 Å². The predicted molar refractivity (Wildman–Crippen MR) is 93.7 cm³/mol. The molecule has 1 fully saturated rings. The Morgan fingerprint density at radius 2 is 2.09 bits per heavy atom. The quantitative estimate of drug-likeness (QED) is 0.758. The Labute approximate surface area is 141 Å². The molecule has 0 heterocycles. The Hall–Kier alpha value is -1.52. The molecule has 1 N–H and O–H groups in total. The van der Waals surface area contributed by atoms with Crippen LogP contribution >= 0.6 is 11.8 Å². The fraction of sp³-hybridized carbons (Fsp3) is 0.368. The Morgan fingerprint density at radius 1 is 1.26 bits per heavy atom. The standard InChI is InChI=1S/C19H22FNOS/c1-22-18-6-4-3-5-13(18)11-21-12-14-9-16(14)17-10-15(20)7-8-19(17)23-2/h3-8,10,14,16,21H,9,11-12H2,1-2H3. The normalized spacial score (nSPS) is 19.6. The number of benzene rings is 2.